The van der Waals surface area contributed by atoms with Crippen molar-refractivity contribution < 1.29 is 14.8 Å². The van der Waals surface area contributed by atoms with Crippen LogP contribution in [0.15, 0.2) is 28.7 Å². The first kappa shape index (κ1) is 14.6. The van der Waals surface area contributed by atoms with Crippen LogP contribution in [0, 0.1) is 0 Å². The second kappa shape index (κ2) is 5.02. The lowest BCUT2D eigenvalue weighted by Gasteiger charge is -2.27. The van der Waals surface area contributed by atoms with E-state index >= 15 is 0 Å². The molecule has 0 bridgehead atoms. The molecule has 2 aromatic carbocycles. The number of nitrogens with zero attached hydrogens (tertiary/aromatic N) is 2. The first-order chi connectivity index (χ1) is 11.0. The summed E-state index contributed by atoms with van der Waals surface area (Å²) in [5.74, 6) is -1.40. The molecule has 2 heterocycles. The fourth-order valence-corrected chi connectivity index (χ4v) is 4.11. The Morgan fingerprint density at radius 3 is 2.65 bits per heavy atom. The lowest BCUT2D eigenvalue weighted by molar-refractivity contribution is -0.0377. The first-order valence-electron chi connectivity index (χ1n) is 7.32. The average Bonchev–Trinajstić information content (AvgIpc) is 2.96. The van der Waals surface area contributed by atoms with E-state index in [0.29, 0.717) is 16.5 Å². The molecule has 0 spiro atoms. The minimum atomic E-state index is -0.705. The molecule has 2 aliphatic heterocycles. The van der Waals surface area contributed by atoms with Crippen LogP contribution in [-0.4, -0.2) is 41.2 Å². The molecule has 0 unspecified atom stereocenters. The van der Waals surface area contributed by atoms with Gasteiger partial charge in [0.1, 0.15) is 0 Å². The number of anilines is 1. The molecule has 6 nitrogen and oxygen atoms in total. The van der Waals surface area contributed by atoms with Gasteiger partial charge >= 0.3 is 0 Å². The summed E-state index contributed by atoms with van der Waals surface area (Å²) in [5.41, 5.74) is 7.59. The summed E-state index contributed by atoms with van der Waals surface area (Å²) in [4.78, 5) is 26.6. The van der Waals surface area contributed by atoms with Crippen LogP contribution < -0.4 is 10.6 Å². The summed E-state index contributed by atoms with van der Waals surface area (Å²) in [5, 5.41) is 11.3. The molecule has 0 saturated carbocycles. The van der Waals surface area contributed by atoms with Crippen LogP contribution in [0.5, 0.6) is 0 Å². The fourth-order valence-electron chi connectivity index (χ4n) is 3.41. The van der Waals surface area contributed by atoms with Crippen LogP contribution in [0.1, 0.15) is 27.1 Å². The Hall–Kier alpha value is -1.96. The van der Waals surface area contributed by atoms with E-state index in [2.05, 4.69) is 20.8 Å². The summed E-state index contributed by atoms with van der Waals surface area (Å²) in [6.07, 6.45) is 0.900. The van der Waals surface area contributed by atoms with E-state index in [4.69, 9.17) is 5.73 Å². The van der Waals surface area contributed by atoms with Gasteiger partial charge in [-0.05, 0) is 34.5 Å². The van der Waals surface area contributed by atoms with E-state index in [-0.39, 0.29) is 11.1 Å². The molecular weight excluding hydrogens is 362 g/mol. The Bertz CT molecular complexity index is 867. The summed E-state index contributed by atoms with van der Waals surface area (Å²) < 4.78 is 0.752. The van der Waals surface area contributed by atoms with Crippen LogP contribution in [0.2, 0.25) is 0 Å². The summed E-state index contributed by atoms with van der Waals surface area (Å²) in [6, 6.07) is 7.05. The molecule has 2 amide bonds. The highest BCUT2D eigenvalue weighted by Crippen LogP contribution is 2.41. The van der Waals surface area contributed by atoms with Crippen LogP contribution in [0.25, 0.3) is 10.8 Å². The van der Waals surface area contributed by atoms with Crippen molar-refractivity contribution in [3.63, 3.8) is 0 Å². The number of hydroxylamine groups is 2. The number of carbonyl (C=O) groups excluding carboxylic acids is 2. The minimum Gasteiger partial charge on any atom is -0.369 e. The van der Waals surface area contributed by atoms with E-state index in [1.54, 1.807) is 18.2 Å². The number of rotatable bonds is 1. The van der Waals surface area contributed by atoms with Gasteiger partial charge in [-0.2, -0.15) is 0 Å². The molecule has 3 N–H and O–H groups in total. The maximum Gasteiger partial charge on any atom is 0.285 e. The SMILES string of the molecule is N[C@H]1CCN(c2c(Br)cc3c4c(cccc24)C(=O)N(O)C3=O)C1. The molecule has 23 heavy (non-hydrogen) atoms. The standard InChI is InChI=1S/C16H14BrN3O3/c17-12-6-11-13-9(14(12)19-5-4-8(18)7-19)2-1-3-10(13)15(21)20(23)16(11)22/h1-3,6,8,23H,4-5,7,18H2/t8-/m0/s1. The molecule has 4 rings (SSSR count). The molecule has 0 radical (unpaired) electrons. The number of nitrogens with two attached hydrogens (primary N) is 1. The monoisotopic (exact) mass is 375 g/mol. The van der Waals surface area contributed by atoms with Crippen molar-refractivity contribution in [2.75, 3.05) is 18.0 Å². The highest BCUT2D eigenvalue weighted by atomic mass is 79.9. The molecule has 0 aliphatic carbocycles. The second-order valence-corrected chi connectivity index (χ2v) is 6.75. The molecule has 7 heteroatoms. The molecule has 2 aliphatic rings. The number of imide groups is 1. The molecule has 1 fully saturated rings. The smallest absolute Gasteiger partial charge is 0.285 e. The van der Waals surface area contributed by atoms with Gasteiger partial charge in [-0.15, -0.1) is 5.06 Å². The molecule has 1 atom stereocenters. The van der Waals surface area contributed by atoms with Crippen molar-refractivity contribution in [2.24, 2.45) is 5.73 Å². The number of benzene rings is 2. The zero-order chi connectivity index (χ0) is 16.3. The fraction of sp³-hybridized carbons (Fsp3) is 0.250. The highest BCUT2D eigenvalue weighted by molar-refractivity contribution is 9.10. The van der Waals surface area contributed by atoms with E-state index in [0.717, 1.165) is 35.1 Å². The summed E-state index contributed by atoms with van der Waals surface area (Å²) in [6.45, 7) is 1.55. The highest BCUT2D eigenvalue weighted by Gasteiger charge is 2.34. The third-order valence-electron chi connectivity index (χ3n) is 4.47. The number of halogens is 1. The summed E-state index contributed by atoms with van der Waals surface area (Å²) >= 11 is 3.53. The van der Waals surface area contributed by atoms with E-state index in [9.17, 15) is 14.8 Å². The van der Waals surface area contributed by atoms with Gasteiger partial charge in [-0.25, -0.2) is 0 Å². The lowest BCUT2D eigenvalue weighted by atomic mass is 9.93. The zero-order valence-electron chi connectivity index (χ0n) is 12.1. The van der Waals surface area contributed by atoms with Gasteiger partial charge in [0.25, 0.3) is 11.8 Å². The Morgan fingerprint density at radius 1 is 1.22 bits per heavy atom. The summed E-state index contributed by atoms with van der Waals surface area (Å²) in [7, 11) is 0. The van der Waals surface area contributed by atoms with Crippen molar-refractivity contribution in [2.45, 2.75) is 12.5 Å². The number of hydrogen-bond acceptors (Lipinski definition) is 5. The molecule has 118 valence electrons. The Labute approximate surface area is 140 Å². The third-order valence-corrected chi connectivity index (χ3v) is 5.08. The number of amides is 2. The van der Waals surface area contributed by atoms with Crippen LogP contribution in [-0.2, 0) is 0 Å². The normalized spacial score (nSPS) is 20.7. The lowest BCUT2D eigenvalue weighted by Crippen LogP contribution is -2.37. The Morgan fingerprint density at radius 2 is 1.96 bits per heavy atom. The largest absolute Gasteiger partial charge is 0.369 e. The van der Waals surface area contributed by atoms with Crippen LogP contribution in [0.3, 0.4) is 0 Å². The average molecular weight is 376 g/mol. The van der Waals surface area contributed by atoms with Crippen molar-refractivity contribution in [3.8, 4) is 0 Å². The van der Waals surface area contributed by atoms with Crippen molar-refractivity contribution in [1.82, 2.24) is 5.06 Å². The van der Waals surface area contributed by atoms with Crippen molar-refractivity contribution in [3.05, 3.63) is 39.9 Å². The maximum absolute atomic E-state index is 12.3. The van der Waals surface area contributed by atoms with Gasteiger partial charge in [-0.1, -0.05) is 12.1 Å². The van der Waals surface area contributed by atoms with E-state index < -0.39 is 11.8 Å². The van der Waals surface area contributed by atoms with Gasteiger partial charge in [0.2, 0.25) is 0 Å². The predicted molar refractivity (Wildman–Crippen MR) is 88.7 cm³/mol. The van der Waals surface area contributed by atoms with Gasteiger partial charge in [0.05, 0.1) is 16.8 Å². The van der Waals surface area contributed by atoms with Crippen molar-refractivity contribution >= 4 is 44.2 Å². The van der Waals surface area contributed by atoms with E-state index in [1.807, 2.05) is 6.07 Å². The van der Waals surface area contributed by atoms with Crippen LogP contribution >= 0.6 is 15.9 Å². The van der Waals surface area contributed by atoms with Crippen LogP contribution in [0.4, 0.5) is 5.69 Å². The van der Waals surface area contributed by atoms with Gasteiger partial charge in [-0.3, -0.25) is 14.8 Å². The maximum atomic E-state index is 12.3. The molecular formula is C16H14BrN3O3. The predicted octanol–water partition coefficient (Wildman–Crippen LogP) is 2.12. The molecule has 0 aromatic heterocycles. The molecule has 1 saturated heterocycles. The quantitative estimate of drug-likeness (QED) is 0.588. The first-order valence-corrected chi connectivity index (χ1v) is 8.11. The number of hydrogen-bond donors (Lipinski definition) is 2. The number of carbonyl (C=O) groups is 2. The Balaban J connectivity index is 2.04. The van der Waals surface area contributed by atoms with E-state index in [1.165, 1.54) is 0 Å². The van der Waals surface area contributed by atoms with Gasteiger partial charge in [0.15, 0.2) is 0 Å². The minimum absolute atomic E-state index is 0.115. The Kier molecular flexibility index (Phi) is 3.19. The van der Waals surface area contributed by atoms with Gasteiger partial charge < -0.3 is 10.6 Å². The zero-order valence-corrected chi connectivity index (χ0v) is 13.7. The second-order valence-electron chi connectivity index (χ2n) is 5.90. The van der Waals surface area contributed by atoms with Crippen molar-refractivity contribution in [1.29, 1.82) is 0 Å². The van der Waals surface area contributed by atoms with Gasteiger partial charge in [0, 0.05) is 34.4 Å². The third kappa shape index (κ3) is 2.00. The molecule has 2 aromatic rings. The topological polar surface area (TPSA) is 86.9 Å².